The molecule has 2 amide bonds. The molecule has 2 aliphatic heterocycles. The highest BCUT2D eigenvalue weighted by Gasteiger charge is 2.45. The fourth-order valence-corrected chi connectivity index (χ4v) is 4.50. The van der Waals surface area contributed by atoms with Crippen LogP contribution in [0.3, 0.4) is 0 Å². The molecule has 2 aromatic rings. The van der Waals surface area contributed by atoms with Gasteiger partial charge in [-0.15, -0.1) is 0 Å². The lowest BCUT2D eigenvalue weighted by Crippen LogP contribution is -2.44. The van der Waals surface area contributed by atoms with Gasteiger partial charge < -0.3 is 9.80 Å². The summed E-state index contributed by atoms with van der Waals surface area (Å²) >= 11 is 0. The summed E-state index contributed by atoms with van der Waals surface area (Å²) in [7, 11) is 0. The molecule has 1 spiro atoms. The summed E-state index contributed by atoms with van der Waals surface area (Å²) in [5.74, 6) is 0.350. The summed E-state index contributed by atoms with van der Waals surface area (Å²) in [5.41, 5.74) is 2.07. The molecule has 0 radical (unpaired) electrons. The summed E-state index contributed by atoms with van der Waals surface area (Å²) in [6.45, 7) is 3.13. The maximum atomic E-state index is 12.6. The van der Waals surface area contributed by atoms with Crippen LogP contribution in [0.1, 0.15) is 41.6 Å². The average molecular weight is 377 g/mol. The Hall–Kier alpha value is -2.69. The first-order chi connectivity index (χ1) is 13.7. The number of pyridine rings is 1. The molecule has 0 N–H and O–H groups in total. The van der Waals surface area contributed by atoms with E-state index in [4.69, 9.17) is 0 Å². The van der Waals surface area contributed by atoms with Crippen LogP contribution < -0.4 is 0 Å². The van der Waals surface area contributed by atoms with Crippen molar-refractivity contribution in [1.29, 1.82) is 0 Å². The minimum Gasteiger partial charge on any atom is -0.342 e. The minimum absolute atomic E-state index is 0.0544. The van der Waals surface area contributed by atoms with Gasteiger partial charge in [0.1, 0.15) is 0 Å². The number of carbonyl (C=O) groups excluding carboxylic acids is 2. The standard InChI is InChI=1S/C23H27N3O2/c27-21-17-23(18-26(21)14-4-7-19-5-2-1-3-6-19)10-15-25(16-11-23)22(28)20-8-12-24-13-9-20/h1-3,5-6,8-9,12-13H,4,7,10-11,14-18H2. The molecule has 5 heteroatoms. The zero-order chi connectivity index (χ0) is 19.4. The predicted octanol–water partition coefficient (Wildman–Crippen LogP) is 3.17. The molecule has 0 atom stereocenters. The molecule has 1 aromatic heterocycles. The number of nitrogens with zero attached hydrogens (tertiary/aromatic N) is 3. The van der Waals surface area contributed by atoms with Gasteiger partial charge in [0.25, 0.3) is 5.91 Å². The van der Waals surface area contributed by atoms with Gasteiger partial charge in [0.2, 0.25) is 5.91 Å². The van der Waals surface area contributed by atoms with Crippen LogP contribution in [0.25, 0.3) is 0 Å². The number of aryl methyl sites for hydroxylation is 1. The second kappa shape index (κ2) is 8.13. The van der Waals surface area contributed by atoms with Gasteiger partial charge in [-0.25, -0.2) is 0 Å². The second-order valence-corrected chi connectivity index (χ2v) is 8.11. The molecule has 0 unspecified atom stereocenters. The predicted molar refractivity (Wildman–Crippen MR) is 108 cm³/mol. The molecule has 146 valence electrons. The molecule has 28 heavy (non-hydrogen) atoms. The molecule has 2 aliphatic rings. The van der Waals surface area contributed by atoms with Crippen molar-refractivity contribution in [3.05, 3.63) is 66.0 Å². The Morgan fingerprint density at radius 2 is 1.75 bits per heavy atom. The summed E-state index contributed by atoms with van der Waals surface area (Å²) in [5, 5.41) is 0. The van der Waals surface area contributed by atoms with Crippen molar-refractivity contribution >= 4 is 11.8 Å². The number of carbonyl (C=O) groups is 2. The van der Waals surface area contributed by atoms with Crippen molar-refractivity contribution in [1.82, 2.24) is 14.8 Å². The average Bonchev–Trinajstić information content (AvgIpc) is 3.04. The highest BCUT2D eigenvalue weighted by Crippen LogP contribution is 2.41. The third kappa shape index (κ3) is 4.08. The van der Waals surface area contributed by atoms with Crippen molar-refractivity contribution in [3.63, 3.8) is 0 Å². The van der Waals surface area contributed by atoms with Crippen molar-refractivity contribution < 1.29 is 9.59 Å². The van der Waals surface area contributed by atoms with Gasteiger partial charge in [-0.3, -0.25) is 14.6 Å². The van der Waals surface area contributed by atoms with Crippen molar-refractivity contribution in [2.75, 3.05) is 26.2 Å². The van der Waals surface area contributed by atoms with Gasteiger partial charge in [0, 0.05) is 56.0 Å². The molecule has 2 saturated heterocycles. The van der Waals surface area contributed by atoms with Crippen LogP contribution in [0.2, 0.25) is 0 Å². The fourth-order valence-electron chi connectivity index (χ4n) is 4.50. The molecular formula is C23H27N3O2. The molecule has 0 bridgehead atoms. The first kappa shape index (κ1) is 18.7. The third-order valence-electron chi connectivity index (χ3n) is 6.18. The number of hydrogen-bond acceptors (Lipinski definition) is 3. The highest BCUT2D eigenvalue weighted by atomic mass is 16.2. The number of benzene rings is 1. The summed E-state index contributed by atoms with van der Waals surface area (Å²) in [6.07, 6.45) is 7.76. The largest absolute Gasteiger partial charge is 0.342 e. The first-order valence-electron chi connectivity index (χ1n) is 10.2. The zero-order valence-corrected chi connectivity index (χ0v) is 16.2. The molecular weight excluding hydrogens is 350 g/mol. The van der Waals surface area contributed by atoms with Gasteiger partial charge in [0.15, 0.2) is 0 Å². The van der Waals surface area contributed by atoms with Crippen LogP contribution in [-0.2, 0) is 11.2 Å². The number of hydrogen-bond donors (Lipinski definition) is 0. The van der Waals surface area contributed by atoms with E-state index in [1.165, 1.54) is 5.56 Å². The van der Waals surface area contributed by atoms with Crippen LogP contribution in [-0.4, -0.2) is 52.8 Å². The highest BCUT2D eigenvalue weighted by molar-refractivity contribution is 5.94. The normalized spacial score (nSPS) is 18.6. The van der Waals surface area contributed by atoms with E-state index in [-0.39, 0.29) is 17.2 Å². The molecule has 0 saturated carbocycles. The number of amides is 2. The lowest BCUT2D eigenvalue weighted by atomic mass is 9.77. The Balaban J connectivity index is 1.28. The van der Waals surface area contributed by atoms with Crippen molar-refractivity contribution in [2.45, 2.75) is 32.1 Å². The number of piperidine rings is 1. The number of rotatable bonds is 5. The van der Waals surface area contributed by atoms with Crippen LogP contribution >= 0.6 is 0 Å². The first-order valence-corrected chi connectivity index (χ1v) is 10.2. The van der Waals surface area contributed by atoms with Gasteiger partial charge in [-0.2, -0.15) is 0 Å². The van der Waals surface area contributed by atoms with Crippen LogP contribution in [0.4, 0.5) is 0 Å². The van der Waals surface area contributed by atoms with Gasteiger partial charge in [-0.05, 0) is 43.4 Å². The molecule has 3 heterocycles. The molecule has 1 aromatic carbocycles. The van der Waals surface area contributed by atoms with E-state index >= 15 is 0 Å². The maximum absolute atomic E-state index is 12.6. The summed E-state index contributed by atoms with van der Waals surface area (Å²) in [6, 6.07) is 14.0. The Kier molecular flexibility index (Phi) is 5.42. The smallest absolute Gasteiger partial charge is 0.253 e. The second-order valence-electron chi connectivity index (χ2n) is 8.11. The third-order valence-corrected chi connectivity index (χ3v) is 6.18. The van der Waals surface area contributed by atoms with E-state index in [0.29, 0.717) is 12.0 Å². The summed E-state index contributed by atoms with van der Waals surface area (Å²) in [4.78, 5) is 33.1. The number of aromatic nitrogens is 1. The summed E-state index contributed by atoms with van der Waals surface area (Å²) < 4.78 is 0. The van der Waals surface area contributed by atoms with Gasteiger partial charge in [0.05, 0.1) is 0 Å². The Labute approximate surface area is 166 Å². The Morgan fingerprint density at radius 3 is 2.46 bits per heavy atom. The minimum atomic E-state index is 0.0544. The van der Waals surface area contributed by atoms with E-state index in [0.717, 1.165) is 51.9 Å². The zero-order valence-electron chi connectivity index (χ0n) is 16.2. The quantitative estimate of drug-likeness (QED) is 0.804. The van der Waals surface area contributed by atoms with Crippen LogP contribution in [0, 0.1) is 5.41 Å². The Bertz CT molecular complexity index is 814. The molecule has 0 aliphatic carbocycles. The lowest BCUT2D eigenvalue weighted by Gasteiger charge is -2.38. The van der Waals surface area contributed by atoms with Crippen molar-refractivity contribution in [3.8, 4) is 0 Å². The van der Waals surface area contributed by atoms with E-state index in [1.807, 2.05) is 15.9 Å². The number of likely N-dealkylation sites (tertiary alicyclic amines) is 2. The fraction of sp³-hybridized carbons (Fsp3) is 0.435. The molecule has 2 fully saturated rings. The molecule has 4 rings (SSSR count). The van der Waals surface area contributed by atoms with E-state index in [9.17, 15) is 9.59 Å². The van der Waals surface area contributed by atoms with E-state index in [2.05, 4.69) is 29.2 Å². The van der Waals surface area contributed by atoms with E-state index < -0.39 is 0 Å². The van der Waals surface area contributed by atoms with Gasteiger partial charge in [-0.1, -0.05) is 30.3 Å². The monoisotopic (exact) mass is 377 g/mol. The van der Waals surface area contributed by atoms with Crippen molar-refractivity contribution in [2.24, 2.45) is 5.41 Å². The maximum Gasteiger partial charge on any atom is 0.253 e. The van der Waals surface area contributed by atoms with E-state index in [1.54, 1.807) is 24.5 Å². The lowest BCUT2D eigenvalue weighted by molar-refractivity contribution is -0.127. The van der Waals surface area contributed by atoms with Crippen LogP contribution in [0.15, 0.2) is 54.9 Å². The molecule has 5 nitrogen and oxygen atoms in total. The van der Waals surface area contributed by atoms with Crippen LogP contribution in [0.5, 0.6) is 0 Å². The Morgan fingerprint density at radius 1 is 1.04 bits per heavy atom. The topological polar surface area (TPSA) is 53.5 Å². The van der Waals surface area contributed by atoms with Gasteiger partial charge >= 0.3 is 0 Å². The SMILES string of the molecule is O=C1CC2(CCN(C(=O)c3ccncc3)CC2)CN1CCCc1ccccc1.